The number of imide groups is 1. The Morgan fingerprint density at radius 3 is 2.26 bits per heavy atom. The van der Waals surface area contributed by atoms with Crippen molar-refractivity contribution < 1.29 is 23.9 Å². The minimum atomic E-state index is -1.48. The molecule has 38 heavy (non-hydrogen) atoms. The van der Waals surface area contributed by atoms with Crippen LogP contribution in [0.3, 0.4) is 0 Å². The quantitative estimate of drug-likeness (QED) is 0.406. The number of esters is 1. The Bertz CT molecular complexity index is 1430. The van der Waals surface area contributed by atoms with Gasteiger partial charge in [-0.15, -0.1) is 0 Å². The molecule has 3 aromatic rings. The third-order valence-electron chi connectivity index (χ3n) is 7.77. The molecule has 3 aliphatic heterocycles. The first-order valence-electron chi connectivity index (χ1n) is 12.8. The van der Waals surface area contributed by atoms with Crippen molar-refractivity contribution in [3.8, 4) is 0 Å². The zero-order valence-electron chi connectivity index (χ0n) is 20.9. The first kappa shape index (κ1) is 24.1. The Hall–Kier alpha value is -4.30. The molecule has 1 N–H and O–H groups in total. The zero-order chi connectivity index (χ0) is 26.4. The number of hydrogen-bond acceptors (Lipinski definition) is 6. The van der Waals surface area contributed by atoms with E-state index in [1.54, 1.807) is 55.5 Å². The van der Waals surface area contributed by atoms with E-state index in [1.165, 1.54) is 9.80 Å². The molecule has 1 spiro atoms. The van der Waals surface area contributed by atoms with Crippen molar-refractivity contribution in [2.75, 3.05) is 23.0 Å². The summed E-state index contributed by atoms with van der Waals surface area (Å²) in [6.07, 6.45) is 0.457. The van der Waals surface area contributed by atoms with Crippen molar-refractivity contribution in [1.29, 1.82) is 0 Å². The predicted molar refractivity (Wildman–Crippen MR) is 140 cm³/mol. The van der Waals surface area contributed by atoms with Crippen LogP contribution in [0.2, 0.25) is 0 Å². The number of nitrogens with zero attached hydrogens (tertiary/aromatic N) is 2. The summed E-state index contributed by atoms with van der Waals surface area (Å²) in [6, 6.07) is 25.2. The predicted octanol–water partition coefficient (Wildman–Crippen LogP) is 2.81. The lowest BCUT2D eigenvalue weighted by atomic mass is 9.76. The van der Waals surface area contributed by atoms with Crippen molar-refractivity contribution in [2.24, 2.45) is 11.8 Å². The second-order valence-corrected chi connectivity index (χ2v) is 9.81. The molecule has 3 heterocycles. The van der Waals surface area contributed by atoms with Crippen molar-refractivity contribution in [3.05, 3.63) is 96.1 Å². The maximum absolute atomic E-state index is 14.3. The van der Waals surface area contributed by atoms with Crippen LogP contribution in [0.1, 0.15) is 18.1 Å². The van der Waals surface area contributed by atoms with Gasteiger partial charge in [-0.05, 0) is 37.1 Å². The highest BCUT2D eigenvalue weighted by Crippen LogP contribution is 2.55. The third-order valence-corrected chi connectivity index (χ3v) is 7.77. The Balaban J connectivity index is 1.49. The van der Waals surface area contributed by atoms with E-state index in [1.807, 2.05) is 36.4 Å². The van der Waals surface area contributed by atoms with Crippen molar-refractivity contribution in [1.82, 2.24) is 5.32 Å². The molecule has 0 bridgehead atoms. The van der Waals surface area contributed by atoms with Crippen molar-refractivity contribution in [2.45, 2.75) is 24.9 Å². The molecule has 3 aliphatic rings. The number of amides is 3. The van der Waals surface area contributed by atoms with Gasteiger partial charge in [-0.3, -0.25) is 29.4 Å². The van der Waals surface area contributed by atoms with Gasteiger partial charge in [-0.1, -0.05) is 66.7 Å². The fourth-order valence-corrected chi connectivity index (χ4v) is 6.31. The van der Waals surface area contributed by atoms with E-state index >= 15 is 0 Å². The fraction of sp³-hybridized carbons (Fsp3) is 0.267. The van der Waals surface area contributed by atoms with E-state index in [2.05, 4.69) is 5.32 Å². The molecular weight excluding hydrogens is 482 g/mol. The second kappa shape index (κ2) is 9.22. The Morgan fingerprint density at radius 1 is 0.895 bits per heavy atom. The standard InChI is InChI=1S/C30H27N3O5/c1-2-38-24(34)18-32-23-16-10-9-15-21(23)30(29(32)37)26-25(22(31-30)17-19-11-5-3-6-12-19)27(35)33(28(26)36)20-13-7-4-8-14-20/h3-16,22,25-26,31H,2,17-18H2,1H3/t22-,25+,26-,30+/m1/s1. The van der Waals surface area contributed by atoms with Gasteiger partial charge in [0.1, 0.15) is 12.1 Å². The van der Waals surface area contributed by atoms with Gasteiger partial charge in [-0.25, -0.2) is 4.90 Å². The van der Waals surface area contributed by atoms with Crippen LogP contribution in [-0.2, 0) is 35.9 Å². The lowest BCUT2D eigenvalue weighted by Crippen LogP contribution is -2.56. The fourth-order valence-electron chi connectivity index (χ4n) is 6.31. The average Bonchev–Trinajstić information content (AvgIpc) is 3.49. The lowest BCUT2D eigenvalue weighted by Gasteiger charge is -2.30. The molecule has 0 radical (unpaired) electrons. The summed E-state index contributed by atoms with van der Waals surface area (Å²) in [4.78, 5) is 57.5. The van der Waals surface area contributed by atoms with E-state index in [9.17, 15) is 19.2 Å². The van der Waals surface area contributed by atoms with Crippen molar-refractivity contribution >= 4 is 35.1 Å². The maximum Gasteiger partial charge on any atom is 0.326 e. The zero-order valence-corrected chi connectivity index (χ0v) is 20.9. The van der Waals surface area contributed by atoms with Gasteiger partial charge in [0.15, 0.2) is 0 Å². The monoisotopic (exact) mass is 509 g/mol. The summed E-state index contributed by atoms with van der Waals surface area (Å²) in [5, 5.41) is 3.48. The summed E-state index contributed by atoms with van der Waals surface area (Å²) in [5.74, 6) is -3.44. The van der Waals surface area contributed by atoms with Gasteiger partial charge < -0.3 is 4.74 Å². The molecule has 0 unspecified atom stereocenters. The topological polar surface area (TPSA) is 96.0 Å². The number of anilines is 2. The molecule has 2 saturated heterocycles. The van der Waals surface area contributed by atoms with Gasteiger partial charge in [-0.2, -0.15) is 0 Å². The molecule has 4 atom stereocenters. The summed E-state index contributed by atoms with van der Waals surface area (Å²) in [6.45, 7) is 1.62. The highest BCUT2D eigenvalue weighted by atomic mass is 16.5. The van der Waals surface area contributed by atoms with Crippen LogP contribution in [0, 0.1) is 11.8 Å². The number of carbonyl (C=O) groups is 4. The van der Waals surface area contributed by atoms with Crippen LogP contribution in [0.4, 0.5) is 11.4 Å². The van der Waals surface area contributed by atoms with Gasteiger partial charge in [0.05, 0.1) is 24.1 Å². The summed E-state index contributed by atoms with van der Waals surface area (Å²) in [7, 11) is 0. The lowest BCUT2D eigenvalue weighted by molar-refractivity contribution is -0.142. The average molecular weight is 510 g/mol. The molecule has 192 valence electrons. The number of hydrogen-bond donors (Lipinski definition) is 1. The first-order chi connectivity index (χ1) is 18.5. The van der Waals surface area contributed by atoms with Crippen LogP contribution in [0.5, 0.6) is 0 Å². The Labute approximate surface area is 220 Å². The van der Waals surface area contributed by atoms with E-state index in [0.717, 1.165) is 5.56 Å². The minimum absolute atomic E-state index is 0.189. The molecule has 3 aromatic carbocycles. The van der Waals surface area contributed by atoms with Crippen LogP contribution >= 0.6 is 0 Å². The highest BCUT2D eigenvalue weighted by molar-refractivity contribution is 6.26. The molecule has 0 aromatic heterocycles. The number of ether oxygens (including phenoxy) is 1. The normalized spacial score (nSPS) is 25.7. The molecular formula is C30H27N3O5. The molecule has 0 saturated carbocycles. The largest absolute Gasteiger partial charge is 0.465 e. The summed E-state index contributed by atoms with van der Waals surface area (Å²) < 4.78 is 5.14. The molecule has 8 nitrogen and oxygen atoms in total. The van der Waals surface area contributed by atoms with Crippen molar-refractivity contribution in [3.63, 3.8) is 0 Å². The second-order valence-electron chi connectivity index (χ2n) is 9.81. The molecule has 0 aliphatic carbocycles. The van der Waals surface area contributed by atoms with E-state index in [-0.39, 0.29) is 19.1 Å². The van der Waals surface area contributed by atoms with Gasteiger partial charge in [0.2, 0.25) is 11.8 Å². The first-order valence-corrected chi connectivity index (χ1v) is 12.8. The van der Waals surface area contributed by atoms with E-state index < -0.39 is 41.2 Å². The molecule has 3 amide bonds. The molecule has 8 heteroatoms. The van der Waals surface area contributed by atoms with Crippen LogP contribution in [0.15, 0.2) is 84.9 Å². The Kier molecular flexibility index (Phi) is 5.84. The number of para-hydroxylation sites is 2. The van der Waals surface area contributed by atoms with E-state index in [0.29, 0.717) is 23.4 Å². The van der Waals surface area contributed by atoms with Crippen LogP contribution in [0.25, 0.3) is 0 Å². The Morgan fingerprint density at radius 2 is 1.55 bits per heavy atom. The highest BCUT2D eigenvalue weighted by Gasteiger charge is 2.71. The minimum Gasteiger partial charge on any atom is -0.465 e. The SMILES string of the molecule is CCOC(=O)CN1C(=O)[C@]2(N[C@H](Cc3ccccc3)[C@@H]3C(=O)N(c4ccccc4)C(=O)[C@@H]32)c2ccccc21. The van der Waals surface area contributed by atoms with Gasteiger partial charge in [0.25, 0.3) is 5.91 Å². The smallest absolute Gasteiger partial charge is 0.326 e. The third kappa shape index (κ3) is 3.48. The van der Waals surface area contributed by atoms with Gasteiger partial charge >= 0.3 is 5.97 Å². The molecule has 2 fully saturated rings. The number of benzene rings is 3. The van der Waals surface area contributed by atoms with Crippen LogP contribution in [-0.4, -0.2) is 42.9 Å². The number of nitrogens with one attached hydrogen (secondary N) is 1. The van der Waals surface area contributed by atoms with E-state index in [4.69, 9.17) is 4.74 Å². The number of fused-ring (bicyclic) bond motifs is 4. The maximum atomic E-state index is 14.3. The summed E-state index contributed by atoms with van der Waals surface area (Å²) in [5.41, 5.74) is 1.11. The molecule has 6 rings (SSSR count). The van der Waals surface area contributed by atoms with Gasteiger partial charge in [0, 0.05) is 17.3 Å². The number of rotatable bonds is 6. The summed E-state index contributed by atoms with van der Waals surface area (Å²) >= 11 is 0. The van der Waals surface area contributed by atoms with Crippen LogP contribution < -0.4 is 15.1 Å². The number of carbonyl (C=O) groups excluding carboxylic acids is 4.